The van der Waals surface area contributed by atoms with Crippen LogP contribution in [-0.4, -0.2) is 4.57 Å². The minimum Gasteiger partial charge on any atom is -0.344 e. The van der Waals surface area contributed by atoms with Crippen LogP contribution in [0.5, 0.6) is 0 Å². The molecule has 0 N–H and O–H groups in total. The van der Waals surface area contributed by atoms with E-state index >= 15 is 0 Å². The summed E-state index contributed by atoms with van der Waals surface area (Å²) in [5.74, 6) is 12.9. The van der Waals surface area contributed by atoms with Crippen molar-refractivity contribution in [3.8, 4) is 23.7 Å². The lowest BCUT2D eigenvalue weighted by molar-refractivity contribution is 0.626. The second-order valence-electron chi connectivity index (χ2n) is 10.9. The molecule has 0 spiro atoms. The largest absolute Gasteiger partial charge is 0.344 e. The molecule has 0 aliphatic heterocycles. The smallest absolute Gasteiger partial charge is 0.123 e. The molecule has 1 nitrogen and oxygen atoms in total. The Bertz CT molecular complexity index is 1650. The Balaban J connectivity index is 1.63. The molecule has 0 amide bonds. The Morgan fingerprint density at radius 3 is 1.33 bits per heavy atom. The number of unbranched alkanes of at least 4 members (excludes halogenated alkanes) is 4. The highest BCUT2D eigenvalue weighted by Gasteiger charge is 2.18. The summed E-state index contributed by atoms with van der Waals surface area (Å²) in [5, 5.41) is 2.29. The lowest BCUT2D eigenvalue weighted by Gasteiger charge is -2.13. The summed E-state index contributed by atoms with van der Waals surface area (Å²) >= 11 is 0. The maximum absolute atomic E-state index is 13.8. The highest BCUT2D eigenvalue weighted by atomic mass is 19.1. The van der Waals surface area contributed by atoms with Crippen molar-refractivity contribution in [2.75, 3.05) is 0 Å². The van der Waals surface area contributed by atoms with Crippen molar-refractivity contribution in [1.82, 2.24) is 4.57 Å². The van der Waals surface area contributed by atoms with E-state index in [0.29, 0.717) is 0 Å². The molecular weight excluding hydrogens is 520 g/mol. The molecule has 2 atom stereocenters. The Morgan fingerprint density at radius 1 is 0.571 bits per heavy atom. The van der Waals surface area contributed by atoms with Gasteiger partial charge in [0.25, 0.3) is 0 Å². The van der Waals surface area contributed by atoms with Crippen molar-refractivity contribution in [3.05, 3.63) is 119 Å². The maximum Gasteiger partial charge on any atom is 0.123 e. The van der Waals surface area contributed by atoms with E-state index in [1.54, 1.807) is 0 Å². The number of hydrogen-bond donors (Lipinski definition) is 0. The Kier molecular flexibility index (Phi) is 9.41. The zero-order chi connectivity index (χ0) is 29.5. The van der Waals surface area contributed by atoms with Crippen LogP contribution in [0.2, 0.25) is 0 Å². The fourth-order valence-corrected chi connectivity index (χ4v) is 5.52. The van der Waals surface area contributed by atoms with Gasteiger partial charge in [-0.15, -0.1) is 11.8 Å². The van der Waals surface area contributed by atoms with Gasteiger partial charge in [-0.05, 0) is 83.6 Å². The normalized spacial score (nSPS) is 12.4. The van der Waals surface area contributed by atoms with Gasteiger partial charge in [0.15, 0.2) is 0 Å². The SMILES string of the molecule is CCCCC#CC(c1ccc(F)cc1)c1ccc2c(c1)c1cc(C(C#CCCCC)c3ccc(F)cc3)ccc1n2C. The molecule has 0 bridgehead atoms. The first-order chi connectivity index (χ1) is 20.5. The van der Waals surface area contributed by atoms with Crippen molar-refractivity contribution in [1.29, 1.82) is 0 Å². The molecule has 2 unspecified atom stereocenters. The highest BCUT2D eigenvalue weighted by molar-refractivity contribution is 6.08. The van der Waals surface area contributed by atoms with E-state index in [2.05, 4.69) is 85.5 Å². The molecule has 5 rings (SSSR count). The Labute approximate surface area is 248 Å². The predicted octanol–water partition coefficient (Wildman–Crippen LogP) is 10.3. The molecule has 212 valence electrons. The standard InChI is InChI=1S/C39H37F2N/c1-4-6-8-10-12-34(28-14-20-32(40)21-15-28)30-18-24-38-36(26-30)37-27-31(19-25-39(37)42(38)3)35(13-11-9-7-5-2)29-16-22-33(41)23-17-29/h14-27,34-35H,4-9H2,1-3H3. The zero-order valence-electron chi connectivity index (χ0n) is 24.7. The van der Waals surface area contributed by atoms with Crippen molar-refractivity contribution in [2.24, 2.45) is 7.05 Å². The van der Waals surface area contributed by atoms with E-state index in [9.17, 15) is 8.78 Å². The number of nitrogens with zero attached hydrogens (tertiary/aromatic N) is 1. The number of rotatable bonds is 8. The van der Waals surface area contributed by atoms with Crippen LogP contribution in [0.15, 0.2) is 84.9 Å². The first-order valence-electron chi connectivity index (χ1n) is 15.0. The number of aryl methyl sites for hydroxylation is 1. The molecule has 0 saturated heterocycles. The Morgan fingerprint density at radius 2 is 0.952 bits per heavy atom. The maximum atomic E-state index is 13.8. The molecule has 0 saturated carbocycles. The number of fused-ring (bicyclic) bond motifs is 3. The summed E-state index contributed by atoms with van der Waals surface area (Å²) in [5.41, 5.74) is 6.42. The fraction of sp³-hybridized carbons (Fsp3) is 0.282. The van der Waals surface area contributed by atoms with Crippen LogP contribution < -0.4 is 0 Å². The number of aromatic nitrogens is 1. The van der Waals surface area contributed by atoms with Crippen molar-refractivity contribution >= 4 is 21.8 Å². The van der Waals surface area contributed by atoms with Crippen molar-refractivity contribution < 1.29 is 8.78 Å². The molecule has 0 fully saturated rings. The van der Waals surface area contributed by atoms with Gasteiger partial charge in [0.2, 0.25) is 0 Å². The van der Waals surface area contributed by atoms with E-state index in [1.807, 2.05) is 24.3 Å². The molecule has 3 heteroatoms. The summed E-state index contributed by atoms with van der Waals surface area (Å²) < 4.78 is 29.8. The van der Waals surface area contributed by atoms with Gasteiger partial charge < -0.3 is 4.57 Å². The third-order valence-corrected chi connectivity index (χ3v) is 7.93. The van der Waals surface area contributed by atoms with Crippen LogP contribution in [0.25, 0.3) is 21.8 Å². The van der Waals surface area contributed by atoms with Gasteiger partial charge in [-0.1, -0.05) is 74.9 Å². The van der Waals surface area contributed by atoms with E-state index in [0.717, 1.165) is 82.6 Å². The summed E-state index contributed by atoms with van der Waals surface area (Å²) in [6, 6.07) is 26.5. The van der Waals surface area contributed by atoms with Crippen molar-refractivity contribution in [2.45, 2.75) is 64.2 Å². The molecule has 0 radical (unpaired) electrons. The summed E-state index contributed by atoms with van der Waals surface area (Å²) in [7, 11) is 2.09. The lowest BCUT2D eigenvalue weighted by atomic mass is 9.89. The molecule has 0 aliphatic rings. The third-order valence-electron chi connectivity index (χ3n) is 7.93. The zero-order valence-corrected chi connectivity index (χ0v) is 24.7. The molecule has 1 heterocycles. The minimum absolute atomic E-state index is 0.151. The molecule has 5 aromatic rings. The average molecular weight is 558 g/mol. The van der Waals surface area contributed by atoms with Gasteiger partial charge in [0.05, 0.1) is 11.8 Å². The van der Waals surface area contributed by atoms with Crippen LogP contribution >= 0.6 is 0 Å². The monoisotopic (exact) mass is 557 g/mol. The van der Waals surface area contributed by atoms with Crippen LogP contribution in [-0.2, 0) is 7.05 Å². The third kappa shape index (κ3) is 6.42. The highest BCUT2D eigenvalue weighted by Crippen LogP contribution is 2.35. The predicted molar refractivity (Wildman–Crippen MR) is 172 cm³/mol. The van der Waals surface area contributed by atoms with Crippen LogP contribution in [0, 0.1) is 35.3 Å². The van der Waals surface area contributed by atoms with Crippen LogP contribution in [0.1, 0.15) is 86.5 Å². The second kappa shape index (κ2) is 13.5. The van der Waals surface area contributed by atoms with Crippen molar-refractivity contribution in [3.63, 3.8) is 0 Å². The van der Waals surface area contributed by atoms with E-state index < -0.39 is 0 Å². The molecule has 42 heavy (non-hydrogen) atoms. The first kappa shape index (κ1) is 29.2. The Hall–Kier alpha value is -4.34. The van der Waals surface area contributed by atoms with Gasteiger partial charge in [0, 0.05) is 41.7 Å². The van der Waals surface area contributed by atoms with E-state index in [4.69, 9.17) is 0 Å². The summed E-state index contributed by atoms with van der Waals surface area (Å²) in [6.45, 7) is 4.33. The molecular formula is C39H37F2N. The first-order valence-corrected chi connectivity index (χ1v) is 15.0. The number of hydrogen-bond acceptors (Lipinski definition) is 0. The lowest BCUT2D eigenvalue weighted by Crippen LogP contribution is -1.99. The van der Waals surface area contributed by atoms with E-state index in [1.165, 1.54) is 24.3 Å². The average Bonchev–Trinajstić information content (AvgIpc) is 3.29. The fourth-order valence-electron chi connectivity index (χ4n) is 5.52. The summed E-state index contributed by atoms with van der Waals surface area (Å²) in [6.07, 6.45) is 6.01. The van der Waals surface area contributed by atoms with Gasteiger partial charge in [0.1, 0.15) is 11.6 Å². The molecule has 1 aromatic heterocycles. The topological polar surface area (TPSA) is 4.93 Å². The van der Waals surface area contributed by atoms with Crippen LogP contribution in [0.3, 0.4) is 0 Å². The molecule has 0 aliphatic carbocycles. The van der Waals surface area contributed by atoms with Gasteiger partial charge >= 0.3 is 0 Å². The number of benzene rings is 4. The van der Waals surface area contributed by atoms with Gasteiger partial charge in [-0.2, -0.15) is 0 Å². The quantitative estimate of drug-likeness (QED) is 0.132. The molecule has 4 aromatic carbocycles. The minimum atomic E-state index is -0.248. The second-order valence-corrected chi connectivity index (χ2v) is 10.9. The summed E-state index contributed by atoms with van der Waals surface area (Å²) in [4.78, 5) is 0. The van der Waals surface area contributed by atoms with Crippen LogP contribution in [0.4, 0.5) is 8.78 Å². The van der Waals surface area contributed by atoms with Gasteiger partial charge in [-0.25, -0.2) is 8.78 Å². The van der Waals surface area contributed by atoms with E-state index in [-0.39, 0.29) is 23.5 Å². The van der Waals surface area contributed by atoms with Gasteiger partial charge in [-0.3, -0.25) is 0 Å². The number of halogens is 2.